The first-order valence-electron chi connectivity index (χ1n) is 7.97. The lowest BCUT2D eigenvalue weighted by molar-refractivity contribution is -0.0618. The predicted molar refractivity (Wildman–Crippen MR) is 87.9 cm³/mol. The molecule has 1 amide bonds. The lowest BCUT2D eigenvalue weighted by atomic mass is 9.83. The van der Waals surface area contributed by atoms with E-state index in [9.17, 15) is 13.2 Å². The van der Waals surface area contributed by atoms with Crippen LogP contribution in [0.1, 0.15) is 54.6 Å². The highest BCUT2D eigenvalue weighted by Gasteiger charge is 2.40. The van der Waals surface area contributed by atoms with Crippen molar-refractivity contribution in [3.8, 4) is 0 Å². The van der Waals surface area contributed by atoms with E-state index in [0.717, 1.165) is 37.0 Å². The van der Waals surface area contributed by atoms with Crippen molar-refractivity contribution >= 4 is 27.3 Å². The van der Waals surface area contributed by atoms with Crippen molar-refractivity contribution in [1.82, 2.24) is 5.32 Å². The molecule has 23 heavy (non-hydrogen) atoms. The van der Waals surface area contributed by atoms with E-state index in [4.69, 9.17) is 9.88 Å². The van der Waals surface area contributed by atoms with Crippen molar-refractivity contribution in [1.29, 1.82) is 0 Å². The number of rotatable bonds is 4. The van der Waals surface area contributed by atoms with Gasteiger partial charge in [-0.1, -0.05) is 19.3 Å². The maximum Gasteiger partial charge on any atom is 0.261 e. The Kier molecular flexibility index (Phi) is 4.78. The first-order chi connectivity index (χ1) is 10.9. The molecule has 2 heterocycles. The van der Waals surface area contributed by atoms with Gasteiger partial charge in [-0.3, -0.25) is 4.79 Å². The van der Waals surface area contributed by atoms with Crippen LogP contribution in [0.4, 0.5) is 0 Å². The molecule has 2 fully saturated rings. The molecule has 0 radical (unpaired) electrons. The summed E-state index contributed by atoms with van der Waals surface area (Å²) >= 11 is 0.886. The summed E-state index contributed by atoms with van der Waals surface area (Å²) in [5.41, 5.74) is 0.0391. The molecule has 0 bridgehead atoms. The summed E-state index contributed by atoms with van der Waals surface area (Å²) in [5, 5.41) is 7.89. The average Bonchev–Trinajstić information content (AvgIpc) is 3.13. The Morgan fingerprint density at radius 1 is 1.30 bits per heavy atom. The number of amides is 1. The zero-order chi connectivity index (χ0) is 16.5. The first-order valence-corrected chi connectivity index (χ1v) is 10.3. The van der Waals surface area contributed by atoms with Crippen molar-refractivity contribution in [2.45, 2.75) is 60.9 Å². The Labute approximate surface area is 140 Å². The van der Waals surface area contributed by atoms with Crippen LogP contribution in [-0.4, -0.2) is 32.6 Å². The van der Waals surface area contributed by atoms with Crippen LogP contribution < -0.4 is 10.5 Å². The fourth-order valence-electron chi connectivity index (χ4n) is 3.49. The van der Waals surface area contributed by atoms with Gasteiger partial charge in [0.25, 0.3) is 5.91 Å². The standard InChI is InChI=1S/C15H22N2O4S2/c16-23(19,20)13-5-4-12(22-13)14(18)17-10-11-6-9-15(21-11)7-2-1-3-8-15/h4-5,11H,1-3,6-10H2,(H,17,18)(H2,16,19,20). The van der Waals surface area contributed by atoms with Gasteiger partial charge < -0.3 is 10.1 Å². The van der Waals surface area contributed by atoms with Crippen LogP contribution in [0.3, 0.4) is 0 Å². The quantitative estimate of drug-likeness (QED) is 0.860. The van der Waals surface area contributed by atoms with Gasteiger partial charge in [0.05, 0.1) is 16.6 Å². The average molecular weight is 358 g/mol. The minimum absolute atomic E-state index is 0.000856. The van der Waals surface area contributed by atoms with Crippen molar-refractivity contribution in [2.75, 3.05) is 6.54 Å². The van der Waals surface area contributed by atoms with E-state index in [1.54, 1.807) is 0 Å². The molecule has 2 aliphatic rings. The van der Waals surface area contributed by atoms with Crippen LogP contribution in [0.2, 0.25) is 0 Å². The highest BCUT2D eigenvalue weighted by molar-refractivity contribution is 7.91. The summed E-state index contributed by atoms with van der Waals surface area (Å²) in [5.74, 6) is -0.280. The molecule has 1 aromatic heterocycles. The van der Waals surface area contributed by atoms with Crippen LogP contribution in [-0.2, 0) is 14.8 Å². The summed E-state index contributed by atoms with van der Waals surface area (Å²) in [6.45, 7) is 0.461. The molecule has 1 atom stereocenters. The molecule has 1 spiro atoms. The van der Waals surface area contributed by atoms with E-state index in [0.29, 0.717) is 11.4 Å². The summed E-state index contributed by atoms with van der Waals surface area (Å²) in [6.07, 6.45) is 8.08. The van der Waals surface area contributed by atoms with E-state index in [2.05, 4.69) is 5.32 Å². The maximum absolute atomic E-state index is 12.1. The van der Waals surface area contributed by atoms with E-state index in [1.165, 1.54) is 31.4 Å². The van der Waals surface area contributed by atoms with E-state index >= 15 is 0 Å². The molecule has 1 aliphatic heterocycles. The normalized spacial score (nSPS) is 24.0. The van der Waals surface area contributed by atoms with Gasteiger partial charge in [-0.05, 0) is 37.8 Å². The van der Waals surface area contributed by atoms with Crippen molar-refractivity contribution in [3.05, 3.63) is 17.0 Å². The second-order valence-electron chi connectivity index (χ2n) is 6.40. The smallest absolute Gasteiger partial charge is 0.261 e. The number of thiophene rings is 1. The molecule has 1 saturated heterocycles. The minimum Gasteiger partial charge on any atom is -0.370 e. The Hall–Kier alpha value is -0.960. The lowest BCUT2D eigenvalue weighted by Crippen LogP contribution is -2.36. The molecular formula is C15H22N2O4S2. The van der Waals surface area contributed by atoms with Crippen LogP contribution in [0.15, 0.2) is 16.3 Å². The molecule has 3 N–H and O–H groups in total. The molecular weight excluding hydrogens is 336 g/mol. The van der Waals surface area contributed by atoms with Gasteiger partial charge in [0.1, 0.15) is 4.21 Å². The van der Waals surface area contributed by atoms with Gasteiger partial charge >= 0.3 is 0 Å². The number of nitrogens with one attached hydrogen (secondary N) is 1. The number of nitrogens with two attached hydrogens (primary N) is 1. The number of carbonyl (C=O) groups is 1. The zero-order valence-corrected chi connectivity index (χ0v) is 14.5. The third-order valence-corrected chi connectivity index (χ3v) is 7.20. The summed E-state index contributed by atoms with van der Waals surface area (Å²) in [7, 11) is -3.75. The summed E-state index contributed by atoms with van der Waals surface area (Å²) in [4.78, 5) is 12.5. The fourth-order valence-corrected chi connectivity index (χ4v) is 5.14. The Morgan fingerprint density at radius 3 is 2.70 bits per heavy atom. The highest BCUT2D eigenvalue weighted by Crippen LogP contribution is 2.41. The summed E-state index contributed by atoms with van der Waals surface area (Å²) < 4.78 is 28.7. The Morgan fingerprint density at radius 2 is 2.04 bits per heavy atom. The molecule has 1 saturated carbocycles. The van der Waals surface area contributed by atoms with Gasteiger partial charge in [0, 0.05) is 6.54 Å². The third kappa shape index (κ3) is 3.93. The maximum atomic E-state index is 12.1. The number of hydrogen-bond acceptors (Lipinski definition) is 5. The van der Waals surface area contributed by atoms with Gasteiger partial charge in [0.2, 0.25) is 10.0 Å². The second-order valence-corrected chi connectivity index (χ2v) is 9.27. The molecule has 8 heteroatoms. The molecule has 3 rings (SSSR count). The first kappa shape index (κ1) is 16.9. The number of ether oxygens (including phenoxy) is 1. The SMILES string of the molecule is NS(=O)(=O)c1ccc(C(=O)NCC2CCC3(CCCCC3)O2)s1. The van der Waals surface area contributed by atoms with Gasteiger partial charge in [0.15, 0.2) is 0 Å². The topological polar surface area (TPSA) is 98.5 Å². The molecule has 6 nitrogen and oxygen atoms in total. The van der Waals surface area contributed by atoms with Crippen LogP contribution >= 0.6 is 11.3 Å². The summed E-state index contributed by atoms with van der Waals surface area (Å²) in [6, 6.07) is 2.84. The van der Waals surface area contributed by atoms with Crippen molar-refractivity contribution in [2.24, 2.45) is 5.14 Å². The minimum atomic E-state index is -3.75. The second kappa shape index (κ2) is 6.51. The molecule has 0 aromatic carbocycles. The highest BCUT2D eigenvalue weighted by atomic mass is 32.2. The van der Waals surface area contributed by atoms with Gasteiger partial charge in [-0.15, -0.1) is 11.3 Å². The fraction of sp³-hybridized carbons (Fsp3) is 0.667. The lowest BCUT2D eigenvalue weighted by Gasteiger charge is -2.33. The third-order valence-electron chi connectivity index (χ3n) is 4.68. The largest absolute Gasteiger partial charge is 0.370 e. The predicted octanol–water partition coefficient (Wildman–Crippen LogP) is 2.01. The van der Waals surface area contributed by atoms with Crippen molar-refractivity contribution in [3.63, 3.8) is 0 Å². The number of sulfonamides is 1. The van der Waals surface area contributed by atoms with Crippen molar-refractivity contribution < 1.29 is 17.9 Å². The van der Waals surface area contributed by atoms with E-state index in [1.807, 2.05) is 0 Å². The van der Waals surface area contributed by atoms with E-state index in [-0.39, 0.29) is 21.8 Å². The monoisotopic (exact) mass is 358 g/mol. The molecule has 1 aliphatic carbocycles. The van der Waals surface area contributed by atoms with E-state index < -0.39 is 10.0 Å². The number of hydrogen-bond donors (Lipinski definition) is 2. The van der Waals surface area contributed by atoms with Crippen LogP contribution in [0.25, 0.3) is 0 Å². The molecule has 1 unspecified atom stereocenters. The molecule has 1 aromatic rings. The zero-order valence-electron chi connectivity index (χ0n) is 12.9. The van der Waals surface area contributed by atoms with Crippen LogP contribution in [0.5, 0.6) is 0 Å². The molecule has 128 valence electrons. The Balaban J connectivity index is 1.52. The van der Waals surface area contributed by atoms with Gasteiger partial charge in [-0.2, -0.15) is 0 Å². The Bertz CT molecular complexity index is 677. The van der Waals surface area contributed by atoms with Gasteiger partial charge in [-0.25, -0.2) is 13.6 Å². The number of carbonyl (C=O) groups excluding carboxylic acids is 1. The number of primary sulfonamides is 1. The van der Waals surface area contributed by atoms with Crippen LogP contribution in [0, 0.1) is 0 Å².